The van der Waals surface area contributed by atoms with Gasteiger partial charge in [0.25, 0.3) is 0 Å². The first-order valence-corrected chi connectivity index (χ1v) is 5.95. The summed E-state index contributed by atoms with van der Waals surface area (Å²) in [7, 11) is 0. The molecule has 4 nitrogen and oxygen atoms in total. The Morgan fingerprint density at radius 2 is 2.24 bits per heavy atom. The number of aromatic carboxylic acids is 1. The molecule has 0 spiro atoms. The SMILES string of the molecule is Cc1c(Cl)cccc1-c1nc(C(=O)O)c(N)s1. The number of rotatable bonds is 2. The minimum atomic E-state index is -1.12. The first-order chi connectivity index (χ1) is 8.00. The highest BCUT2D eigenvalue weighted by Crippen LogP contribution is 2.34. The summed E-state index contributed by atoms with van der Waals surface area (Å²) in [5.41, 5.74) is 7.17. The molecule has 3 N–H and O–H groups in total. The van der Waals surface area contributed by atoms with Crippen molar-refractivity contribution in [3.8, 4) is 10.6 Å². The predicted octanol–water partition coefficient (Wildman–Crippen LogP) is 3.05. The van der Waals surface area contributed by atoms with Crippen molar-refractivity contribution in [3.63, 3.8) is 0 Å². The summed E-state index contributed by atoms with van der Waals surface area (Å²) < 4.78 is 0. The fourth-order valence-electron chi connectivity index (χ4n) is 1.44. The molecule has 1 heterocycles. The Morgan fingerprint density at radius 1 is 1.53 bits per heavy atom. The quantitative estimate of drug-likeness (QED) is 0.878. The number of benzene rings is 1. The smallest absolute Gasteiger partial charge is 0.357 e. The Kier molecular flexibility index (Phi) is 3.04. The Balaban J connectivity index is 2.58. The third-order valence-electron chi connectivity index (χ3n) is 2.35. The van der Waals surface area contributed by atoms with Crippen LogP contribution in [0.5, 0.6) is 0 Å². The molecule has 88 valence electrons. The second kappa shape index (κ2) is 4.35. The predicted molar refractivity (Wildman–Crippen MR) is 68.7 cm³/mol. The molecule has 17 heavy (non-hydrogen) atoms. The third kappa shape index (κ3) is 2.11. The van der Waals surface area contributed by atoms with Crippen LogP contribution < -0.4 is 5.73 Å². The molecule has 0 saturated heterocycles. The number of thiazole rings is 1. The van der Waals surface area contributed by atoms with Crippen LogP contribution in [0.1, 0.15) is 16.1 Å². The number of halogens is 1. The van der Waals surface area contributed by atoms with Gasteiger partial charge in [-0.2, -0.15) is 0 Å². The summed E-state index contributed by atoms with van der Waals surface area (Å²) in [6.45, 7) is 1.86. The van der Waals surface area contributed by atoms with Crippen molar-refractivity contribution in [2.75, 3.05) is 5.73 Å². The average molecular weight is 269 g/mol. The monoisotopic (exact) mass is 268 g/mol. The zero-order chi connectivity index (χ0) is 12.6. The lowest BCUT2D eigenvalue weighted by molar-refractivity contribution is 0.0692. The van der Waals surface area contributed by atoms with Crippen molar-refractivity contribution in [1.82, 2.24) is 4.98 Å². The van der Waals surface area contributed by atoms with Gasteiger partial charge in [-0.3, -0.25) is 0 Å². The van der Waals surface area contributed by atoms with Crippen LogP contribution >= 0.6 is 22.9 Å². The summed E-state index contributed by atoms with van der Waals surface area (Å²) in [5.74, 6) is -1.12. The van der Waals surface area contributed by atoms with Crippen LogP contribution in [-0.4, -0.2) is 16.1 Å². The van der Waals surface area contributed by atoms with Gasteiger partial charge in [0.2, 0.25) is 0 Å². The molecule has 0 radical (unpaired) electrons. The van der Waals surface area contributed by atoms with Crippen molar-refractivity contribution in [2.24, 2.45) is 0 Å². The Bertz CT molecular complexity index is 595. The van der Waals surface area contributed by atoms with E-state index in [0.29, 0.717) is 10.0 Å². The molecule has 0 fully saturated rings. The molecule has 0 saturated carbocycles. The molecule has 2 rings (SSSR count). The van der Waals surface area contributed by atoms with Gasteiger partial charge < -0.3 is 10.8 Å². The number of nitrogens with two attached hydrogens (primary N) is 1. The summed E-state index contributed by atoms with van der Waals surface area (Å²) in [4.78, 5) is 14.9. The van der Waals surface area contributed by atoms with Crippen LogP contribution in [-0.2, 0) is 0 Å². The van der Waals surface area contributed by atoms with Gasteiger partial charge >= 0.3 is 5.97 Å². The van der Waals surface area contributed by atoms with E-state index in [-0.39, 0.29) is 10.7 Å². The molecule has 6 heteroatoms. The number of hydrogen-bond acceptors (Lipinski definition) is 4. The van der Waals surface area contributed by atoms with E-state index in [0.717, 1.165) is 22.5 Å². The van der Waals surface area contributed by atoms with Crippen molar-refractivity contribution >= 4 is 33.9 Å². The van der Waals surface area contributed by atoms with Crippen molar-refractivity contribution < 1.29 is 9.90 Å². The first-order valence-electron chi connectivity index (χ1n) is 4.75. The minimum absolute atomic E-state index is 0.107. The normalized spacial score (nSPS) is 10.5. The van der Waals surface area contributed by atoms with E-state index in [9.17, 15) is 4.79 Å². The number of carboxylic acids is 1. The van der Waals surface area contributed by atoms with Crippen LogP contribution in [0.4, 0.5) is 5.00 Å². The van der Waals surface area contributed by atoms with Gasteiger partial charge in [-0.1, -0.05) is 35.1 Å². The lowest BCUT2D eigenvalue weighted by Crippen LogP contribution is -2.00. The number of hydrogen-bond donors (Lipinski definition) is 2. The maximum Gasteiger partial charge on any atom is 0.357 e. The number of carboxylic acid groups (broad SMARTS) is 1. The van der Waals surface area contributed by atoms with Gasteiger partial charge in [-0.05, 0) is 18.6 Å². The fourth-order valence-corrected chi connectivity index (χ4v) is 2.52. The minimum Gasteiger partial charge on any atom is -0.476 e. The van der Waals surface area contributed by atoms with Crippen LogP contribution in [0.2, 0.25) is 5.02 Å². The molecule has 0 bridgehead atoms. The van der Waals surface area contributed by atoms with Crippen molar-refractivity contribution in [3.05, 3.63) is 34.5 Å². The van der Waals surface area contributed by atoms with Gasteiger partial charge in [0.15, 0.2) is 5.69 Å². The molecule has 0 unspecified atom stereocenters. The van der Waals surface area contributed by atoms with E-state index in [1.807, 2.05) is 13.0 Å². The third-order valence-corrected chi connectivity index (χ3v) is 3.68. The lowest BCUT2D eigenvalue weighted by atomic mass is 10.1. The summed E-state index contributed by atoms with van der Waals surface area (Å²) in [5, 5.41) is 10.3. The Labute approximate surface area is 107 Å². The summed E-state index contributed by atoms with van der Waals surface area (Å²) in [6.07, 6.45) is 0. The fraction of sp³-hybridized carbons (Fsp3) is 0.0909. The highest BCUT2D eigenvalue weighted by Gasteiger charge is 2.17. The molecule has 1 aromatic heterocycles. The van der Waals surface area contributed by atoms with E-state index in [2.05, 4.69) is 4.98 Å². The summed E-state index contributed by atoms with van der Waals surface area (Å²) >= 11 is 7.15. The number of nitrogen functional groups attached to an aromatic ring is 1. The van der Waals surface area contributed by atoms with Crippen LogP contribution in [0.15, 0.2) is 18.2 Å². The maximum atomic E-state index is 10.9. The van der Waals surface area contributed by atoms with E-state index < -0.39 is 5.97 Å². The molecule has 0 aliphatic heterocycles. The average Bonchev–Trinajstić information content (AvgIpc) is 2.64. The van der Waals surface area contributed by atoms with Gasteiger partial charge in [0.05, 0.1) is 0 Å². The molecule has 1 aromatic carbocycles. The molecular weight excluding hydrogens is 260 g/mol. The number of anilines is 1. The van der Waals surface area contributed by atoms with Gasteiger partial charge in [-0.25, -0.2) is 9.78 Å². The molecule has 0 atom stereocenters. The second-order valence-electron chi connectivity index (χ2n) is 3.45. The van der Waals surface area contributed by atoms with Crippen LogP contribution in [0.25, 0.3) is 10.6 Å². The standard InChI is InChI=1S/C11H9ClN2O2S/c1-5-6(3-2-4-7(5)12)10-14-8(11(15)16)9(13)17-10/h2-4H,13H2,1H3,(H,15,16). The van der Waals surface area contributed by atoms with Gasteiger partial charge in [0.1, 0.15) is 10.0 Å². The maximum absolute atomic E-state index is 10.9. The van der Waals surface area contributed by atoms with Crippen LogP contribution in [0, 0.1) is 6.92 Å². The van der Waals surface area contributed by atoms with Crippen molar-refractivity contribution in [2.45, 2.75) is 6.92 Å². The molecule has 0 aliphatic rings. The largest absolute Gasteiger partial charge is 0.476 e. The van der Waals surface area contributed by atoms with Gasteiger partial charge in [-0.15, -0.1) is 0 Å². The van der Waals surface area contributed by atoms with E-state index in [1.165, 1.54) is 0 Å². The molecular formula is C11H9ClN2O2S. The van der Waals surface area contributed by atoms with E-state index >= 15 is 0 Å². The highest BCUT2D eigenvalue weighted by molar-refractivity contribution is 7.19. The topological polar surface area (TPSA) is 76.2 Å². The molecule has 0 aliphatic carbocycles. The van der Waals surface area contributed by atoms with Crippen LogP contribution in [0.3, 0.4) is 0 Å². The van der Waals surface area contributed by atoms with Gasteiger partial charge in [0, 0.05) is 10.6 Å². The lowest BCUT2D eigenvalue weighted by Gasteiger charge is -2.03. The summed E-state index contributed by atoms with van der Waals surface area (Å²) in [6, 6.07) is 5.41. The number of nitrogens with zero attached hydrogens (tertiary/aromatic N) is 1. The molecule has 2 aromatic rings. The zero-order valence-electron chi connectivity index (χ0n) is 8.90. The Morgan fingerprint density at radius 3 is 2.82 bits per heavy atom. The second-order valence-corrected chi connectivity index (χ2v) is 4.89. The number of carbonyl (C=O) groups is 1. The highest BCUT2D eigenvalue weighted by atomic mass is 35.5. The molecule has 0 amide bonds. The van der Waals surface area contributed by atoms with E-state index in [4.69, 9.17) is 22.4 Å². The number of aromatic nitrogens is 1. The van der Waals surface area contributed by atoms with E-state index in [1.54, 1.807) is 12.1 Å². The van der Waals surface area contributed by atoms with Crippen molar-refractivity contribution in [1.29, 1.82) is 0 Å². The Hall–Kier alpha value is -1.59. The zero-order valence-corrected chi connectivity index (χ0v) is 10.5. The first kappa shape index (κ1) is 11.9.